The Balaban J connectivity index is -0.000000980. The van der Waals surface area contributed by atoms with E-state index in [9.17, 15) is 9.59 Å². The van der Waals surface area contributed by atoms with Gasteiger partial charge < -0.3 is 11.1 Å². The molecule has 1 amide bonds. The van der Waals surface area contributed by atoms with Gasteiger partial charge in [0, 0.05) is 9.27 Å². The van der Waals surface area contributed by atoms with Crippen LogP contribution >= 0.6 is 0 Å². The molecule has 0 aromatic heterocycles. The van der Waals surface area contributed by atoms with Gasteiger partial charge in [0.2, 0.25) is 5.91 Å². The van der Waals surface area contributed by atoms with Crippen LogP contribution in [0.15, 0.2) is 0 Å². The van der Waals surface area contributed by atoms with Crippen molar-refractivity contribution in [2.24, 2.45) is 11.7 Å². The maximum atomic E-state index is 11.6. The molecule has 0 heterocycles. The molecule has 0 bridgehead atoms. The second-order valence-corrected chi connectivity index (χ2v) is 3.96. The Labute approximate surface area is 94.6 Å². The summed E-state index contributed by atoms with van der Waals surface area (Å²) in [6.45, 7) is 7.38. The molecule has 0 aliphatic rings. The molecule has 0 saturated heterocycles. The summed E-state index contributed by atoms with van der Waals surface area (Å²) in [4.78, 5) is 22.8. The van der Waals surface area contributed by atoms with E-state index in [0.717, 1.165) is 6.42 Å². The molecule has 0 aliphatic heterocycles. The number of hydrogen-bond acceptors (Lipinski definition) is 3. The lowest BCUT2D eigenvalue weighted by molar-refractivity contribution is -0.128. The van der Waals surface area contributed by atoms with Gasteiger partial charge in [-0.3, -0.25) is 9.59 Å². The summed E-state index contributed by atoms with van der Waals surface area (Å²) in [6, 6.07) is -0.959. The third-order valence-electron chi connectivity index (χ3n) is 2.75. The number of rotatable bonds is 6. The first-order valence-corrected chi connectivity index (χ1v) is 5.52. The van der Waals surface area contributed by atoms with Crippen LogP contribution < -0.4 is 11.1 Å². The highest BCUT2D eigenvalue weighted by Gasteiger charge is 2.22. The minimum Gasteiger partial charge on any atom is -0.345 e. The summed E-state index contributed by atoms with van der Waals surface area (Å²) in [7, 11) is 0. The third-order valence-corrected chi connectivity index (χ3v) is 2.75. The van der Waals surface area contributed by atoms with Crippen LogP contribution in [-0.4, -0.2) is 23.8 Å². The van der Waals surface area contributed by atoms with E-state index < -0.39 is 12.1 Å². The molecule has 0 saturated carbocycles. The third kappa shape index (κ3) is 4.42. The molecule has 92 valence electrons. The molecule has 0 aromatic carbocycles. The summed E-state index contributed by atoms with van der Waals surface area (Å²) < 4.78 is 0. The minimum atomic E-state index is -0.526. The molecule has 0 radical (unpaired) electrons. The van der Waals surface area contributed by atoms with Crippen molar-refractivity contribution >= 4 is 11.7 Å². The Kier molecular flexibility index (Phi) is 6.17. The van der Waals surface area contributed by atoms with Gasteiger partial charge in [0.15, 0.2) is 5.78 Å². The van der Waals surface area contributed by atoms with Crippen molar-refractivity contribution < 1.29 is 12.4 Å². The van der Waals surface area contributed by atoms with Crippen LogP contribution in [-0.2, 0) is 9.59 Å². The molecule has 15 heavy (non-hydrogen) atoms. The fraction of sp³-hybridized carbons (Fsp3) is 0.818. The fourth-order valence-electron chi connectivity index (χ4n) is 1.21. The molecular weight excluding hydrogens is 192 g/mol. The normalized spacial score (nSPS) is 16.6. The minimum absolute atomic E-state index is 0. The van der Waals surface area contributed by atoms with Gasteiger partial charge in [0.05, 0.1) is 12.1 Å². The summed E-state index contributed by atoms with van der Waals surface area (Å²) >= 11 is 0. The lowest BCUT2D eigenvalue weighted by Crippen LogP contribution is -2.49. The van der Waals surface area contributed by atoms with Gasteiger partial charge in [-0.15, -0.1) is 0 Å². The number of hydrogen-bond donors (Lipinski definition) is 2. The van der Waals surface area contributed by atoms with E-state index in [1.807, 2.05) is 13.8 Å². The second kappa shape index (κ2) is 6.56. The SMILES string of the molecule is CCC(=O)[C@H](C)NC(=O)[C@@H](N)C(C)CC.[HH].[HH]. The van der Waals surface area contributed by atoms with E-state index in [4.69, 9.17) is 5.73 Å². The quantitative estimate of drug-likeness (QED) is 0.706. The first-order chi connectivity index (χ1) is 6.93. The standard InChI is InChI=1S/C11H22N2O2.2H2/c1-5-7(3)10(12)11(15)13-8(4)9(14)6-2;;/h7-8,10H,5-6,12H2,1-4H3,(H,13,15);2*1H/t7?,8-,10-;;/m0../s1. The van der Waals surface area contributed by atoms with Crippen molar-refractivity contribution in [3.8, 4) is 0 Å². The maximum absolute atomic E-state index is 11.6. The van der Waals surface area contributed by atoms with Crippen LogP contribution in [0.25, 0.3) is 0 Å². The Hall–Kier alpha value is -0.900. The van der Waals surface area contributed by atoms with Crippen molar-refractivity contribution in [3.63, 3.8) is 0 Å². The number of nitrogens with two attached hydrogens (primary N) is 1. The second-order valence-electron chi connectivity index (χ2n) is 3.96. The van der Waals surface area contributed by atoms with Crippen molar-refractivity contribution in [2.75, 3.05) is 0 Å². The van der Waals surface area contributed by atoms with E-state index in [1.165, 1.54) is 0 Å². The number of carbonyl (C=O) groups is 2. The predicted molar refractivity (Wildman–Crippen MR) is 64.6 cm³/mol. The molecule has 0 aliphatic carbocycles. The lowest BCUT2D eigenvalue weighted by atomic mass is 9.99. The monoisotopic (exact) mass is 218 g/mol. The zero-order valence-corrected chi connectivity index (χ0v) is 10.0. The highest BCUT2D eigenvalue weighted by Crippen LogP contribution is 2.05. The molecule has 0 aromatic rings. The van der Waals surface area contributed by atoms with Crippen LogP contribution in [0, 0.1) is 5.92 Å². The molecule has 3 atom stereocenters. The zero-order chi connectivity index (χ0) is 12.0. The van der Waals surface area contributed by atoms with Gasteiger partial charge in [-0.2, -0.15) is 0 Å². The number of amides is 1. The molecule has 0 spiro atoms. The average molecular weight is 218 g/mol. The summed E-state index contributed by atoms with van der Waals surface area (Å²) in [5, 5.41) is 2.63. The largest absolute Gasteiger partial charge is 0.345 e. The first kappa shape index (κ1) is 14.1. The van der Waals surface area contributed by atoms with E-state index in [1.54, 1.807) is 13.8 Å². The molecule has 1 unspecified atom stereocenters. The van der Waals surface area contributed by atoms with Crippen molar-refractivity contribution in [2.45, 2.75) is 52.6 Å². The topological polar surface area (TPSA) is 72.2 Å². The fourth-order valence-corrected chi connectivity index (χ4v) is 1.21. The maximum Gasteiger partial charge on any atom is 0.237 e. The number of Topliss-reactive ketones (excluding diaryl/α,β-unsaturated/α-hetero) is 1. The van der Waals surface area contributed by atoms with Crippen LogP contribution in [0.4, 0.5) is 0 Å². The molecule has 0 fully saturated rings. The number of ketones is 1. The lowest BCUT2D eigenvalue weighted by Gasteiger charge is -2.20. The van der Waals surface area contributed by atoms with Gasteiger partial charge >= 0.3 is 0 Å². The van der Waals surface area contributed by atoms with Crippen LogP contribution in [0.5, 0.6) is 0 Å². The van der Waals surface area contributed by atoms with Gasteiger partial charge in [0.25, 0.3) is 0 Å². The molecular formula is C11H26N2O2. The molecule has 3 N–H and O–H groups in total. The number of nitrogens with one attached hydrogen (secondary N) is 1. The highest BCUT2D eigenvalue weighted by molar-refractivity contribution is 5.90. The Morgan fingerprint density at radius 2 is 1.87 bits per heavy atom. The highest BCUT2D eigenvalue weighted by atomic mass is 16.2. The van der Waals surface area contributed by atoms with Gasteiger partial charge in [-0.05, 0) is 12.8 Å². The molecule has 4 nitrogen and oxygen atoms in total. The van der Waals surface area contributed by atoms with Crippen LogP contribution in [0.3, 0.4) is 0 Å². The van der Waals surface area contributed by atoms with Crippen LogP contribution in [0.1, 0.15) is 43.4 Å². The predicted octanol–water partition coefficient (Wildman–Crippen LogP) is 1.34. The average Bonchev–Trinajstić information content (AvgIpc) is 2.25. The molecule has 0 rings (SSSR count). The van der Waals surface area contributed by atoms with Crippen molar-refractivity contribution in [1.29, 1.82) is 0 Å². The van der Waals surface area contributed by atoms with Crippen molar-refractivity contribution in [3.05, 3.63) is 0 Å². The summed E-state index contributed by atoms with van der Waals surface area (Å²) in [5.74, 6) is -0.0766. The van der Waals surface area contributed by atoms with Crippen LogP contribution in [0.2, 0.25) is 0 Å². The van der Waals surface area contributed by atoms with Gasteiger partial charge in [-0.1, -0.05) is 27.2 Å². The smallest absolute Gasteiger partial charge is 0.237 e. The Morgan fingerprint density at radius 3 is 2.27 bits per heavy atom. The number of carbonyl (C=O) groups excluding carboxylic acids is 2. The van der Waals surface area contributed by atoms with E-state index >= 15 is 0 Å². The van der Waals surface area contributed by atoms with E-state index in [0.29, 0.717) is 6.42 Å². The van der Waals surface area contributed by atoms with Crippen molar-refractivity contribution in [1.82, 2.24) is 5.32 Å². The summed E-state index contributed by atoms with van der Waals surface area (Å²) in [6.07, 6.45) is 1.28. The Bertz CT molecular complexity index is 238. The van der Waals surface area contributed by atoms with Gasteiger partial charge in [0.1, 0.15) is 0 Å². The zero-order valence-electron chi connectivity index (χ0n) is 10.0. The Morgan fingerprint density at radius 1 is 1.33 bits per heavy atom. The van der Waals surface area contributed by atoms with E-state index in [-0.39, 0.29) is 20.5 Å². The molecule has 4 heteroatoms. The van der Waals surface area contributed by atoms with Gasteiger partial charge in [-0.25, -0.2) is 0 Å². The van der Waals surface area contributed by atoms with E-state index in [2.05, 4.69) is 5.32 Å². The first-order valence-electron chi connectivity index (χ1n) is 5.52. The summed E-state index contributed by atoms with van der Waals surface area (Å²) in [5.41, 5.74) is 5.74.